The summed E-state index contributed by atoms with van der Waals surface area (Å²) < 4.78 is 0. The van der Waals surface area contributed by atoms with Crippen molar-refractivity contribution in [3.8, 4) is 0 Å². The number of hydrogen-bond acceptors (Lipinski definition) is 2. The first kappa shape index (κ1) is 15.0. The molecule has 3 heteroatoms. The zero-order valence-corrected chi connectivity index (χ0v) is 11.6. The molecule has 0 saturated carbocycles. The second-order valence-corrected chi connectivity index (χ2v) is 4.90. The van der Waals surface area contributed by atoms with Gasteiger partial charge in [-0.2, -0.15) is 0 Å². The number of piperidine rings is 1. The lowest BCUT2D eigenvalue weighted by atomic mass is 10.00. The molecule has 0 aromatic rings. The van der Waals surface area contributed by atoms with E-state index in [9.17, 15) is 4.79 Å². The van der Waals surface area contributed by atoms with Gasteiger partial charge in [0, 0.05) is 19.1 Å². The van der Waals surface area contributed by atoms with Gasteiger partial charge in [-0.3, -0.25) is 9.69 Å². The smallest absolute Gasteiger partial charge is 0.237 e. The molecule has 1 unspecified atom stereocenters. The number of likely N-dealkylation sites (tertiary alicyclic amines) is 1. The largest absolute Gasteiger partial charge is 0.334 e. The summed E-state index contributed by atoms with van der Waals surface area (Å²) in [6, 6.07) is 0.581. The van der Waals surface area contributed by atoms with E-state index in [2.05, 4.69) is 25.0 Å². The Morgan fingerprint density at radius 1 is 1.33 bits per heavy atom. The van der Waals surface area contributed by atoms with Crippen LogP contribution in [0.1, 0.15) is 32.6 Å². The highest BCUT2D eigenvalue weighted by Gasteiger charge is 2.24. The van der Waals surface area contributed by atoms with Gasteiger partial charge in [0.05, 0.1) is 6.54 Å². The van der Waals surface area contributed by atoms with E-state index in [0.717, 1.165) is 13.0 Å². The van der Waals surface area contributed by atoms with Crippen LogP contribution in [0.2, 0.25) is 0 Å². The van der Waals surface area contributed by atoms with Crippen molar-refractivity contribution in [3.05, 3.63) is 25.3 Å². The molecule has 1 amide bonds. The third kappa shape index (κ3) is 4.30. The monoisotopic (exact) mass is 250 g/mol. The minimum atomic E-state index is 0.190. The maximum atomic E-state index is 12.2. The summed E-state index contributed by atoms with van der Waals surface area (Å²) in [7, 11) is 0. The number of rotatable bonds is 7. The SMILES string of the molecule is C=CCN(CC=C)C(=O)CN1CCCCC1CC. The Hall–Kier alpha value is -1.09. The maximum Gasteiger partial charge on any atom is 0.237 e. The molecule has 1 atom stereocenters. The van der Waals surface area contributed by atoms with Crippen LogP contribution >= 0.6 is 0 Å². The van der Waals surface area contributed by atoms with Crippen molar-refractivity contribution in [2.45, 2.75) is 38.6 Å². The van der Waals surface area contributed by atoms with E-state index in [0.29, 0.717) is 25.7 Å². The number of amides is 1. The van der Waals surface area contributed by atoms with Crippen LogP contribution in [0.15, 0.2) is 25.3 Å². The fourth-order valence-electron chi connectivity index (χ4n) is 2.59. The molecule has 18 heavy (non-hydrogen) atoms. The van der Waals surface area contributed by atoms with Gasteiger partial charge in [-0.15, -0.1) is 13.2 Å². The van der Waals surface area contributed by atoms with Crippen LogP contribution in [0, 0.1) is 0 Å². The topological polar surface area (TPSA) is 23.6 Å². The molecule has 0 aliphatic carbocycles. The lowest BCUT2D eigenvalue weighted by molar-refractivity contribution is -0.132. The standard InChI is InChI=1S/C15H26N2O/c1-4-10-16(11-5-2)15(18)13-17-12-8-7-9-14(17)6-3/h4-5,14H,1-2,6-13H2,3H3. The van der Waals surface area contributed by atoms with Crippen molar-refractivity contribution in [3.63, 3.8) is 0 Å². The molecule has 0 aromatic heterocycles. The molecule has 1 fully saturated rings. The summed E-state index contributed by atoms with van der Waals surface area (Å²) in [6.07, 6.45) is 8.42. The highest BCUT2D eigenvalue weighted by atomic mass is 16.2. The highest BCUT2D eigenvalue weighted by Crippen LogP contribution is 2.19. The van der Waals surface area contributed by atoms with Gasteiger partial charge >= 0.3 is 0 Å². The predicted octanol–water partition coefficient (Wildman–Crippen LogP) is 2.45. The highest BCUT2D eigenvalue weighted by molar-refractivity contribution is 5.78. The molecule has 1 rings (SSSR count). The van der Waals surface area contributed by atoms with Crippen molar-refractivity contribution >= 4 is 5.91 Å². The van der Waals surface area contributed by atoms with Crippen LogP contribution in [0.25, 0.3) is 0 Å². The van der Waals surface area contributed by atoms with Gasteiger partial charge < -0.3 is 4.90 Å². The van der Waals surface area contributed by atoms with Crippen LogP contribution in [0.4, 0.5) is 0 Å². The molecule has 3 nitrogen and oxygen atoms in total. The molecule has 1 aliphatic heterocycles. The number of nitrogens with zero attached hydrogens (tertiary/aromatic N) is 2. The maximum absolute atomic E-state index is 12.2. The van der Waals surface area contributed by atoms with Gasteiger partial charge in [-0.05, 0) is 25.8 Å². The van der Waals surface area contributed by atoms with Crippen molar-refractivity contribution in [1.82, 2.24) is 9.80 Å². The van der Waals surface area contributed by atoms with E-state index in [1.54, 1.807) is 17.1 Å². The molecule has 102 valence electrons. The Labute approximate surface area is 111 Å². The Morgan fingerprint density at radius 3 is 2.56 bits per heavy atom. The molecule has 0 spiro atoms. The van der Waals surface area contributed by atoms with Gasteiger partial charge in [-0.1, -0.05) is 25.5 Å². The second kappa shape index (κ2) is 8.09. The second-order valence-electron chi connectivity index (χ2n) is 4.90. The van der Waals surface area contributed by atoms with Crippen LogP contribution in [0.5, 0.6) is 0 Å². The van der Waals surface area contributed by atoms with Crippen molar-refractivity contribution in [2.75, 3.05) is 26.2 Å². The summed E-state index contributed by atoms with van der Waals surface area (Å²) in [6.45, 7) is 12.4. The lowest BCUT2D eigenvalue weighted by Crippen LogP contribution is -2.46. The van der Waals surface area contributed by atoms with Gasteiger partial charge in [0.2, 0.25) is 5.91 Å². The van der Waals surface area contributed by atoms with E-state index in [-0.39, 0.29) is 5.91 Å². The third-order valence-corrected chi connectivity index (χ3v) is 3.61. The molecule has 1 saturated heterocycles. The average molecular weight is 250 g/mol. The van der Waals surface area contributed by atoms with Gasteiger partial charge in [-0.25, -0.2) is 0 Å². The molecule has 0 N–H and O–H groups in total. The summed E-state index contributed by atoms with van der Waals surface area (Å²) in [5.41, 5.74) is 0. The van der Waals surface area contributed by atoms with E-state index >= 15 is 0 Å². The Morgan fingerprint density at radius 2 is 2.00 bits per heavy atom. The van der Waals surface area contributed by atoms with E-state index in [1.807, 2.05) is 0 Å². The normalized spacial score (nSPS) is 20.4. The molecule has 0 radical (unpaired) electrons. The Bertz CT molecular complexity index is 278. The Kier molecular flexibility index (Phi) is 6.73. The Balaban J connectivity index is 2.54. The average Bonchev–Trinajstić information content (AvgIpc) is 2.39. The van der Waals surface area contributed by atoms with Crippen LogP contribution in [0.3, 0.4) is 0 Å². The molecule has 1 aliphatic rings. The van der Waals surface area contributed by atoms with E-state index in [1.165, 1.54) is 19.3 Å². The van der Waals surface area contributed by atoms with Crippen LogP contribution in [-0.2, 0) is 4.79 Å². The quantitative estimate of drug-likeness (QED) is 0.648. The van der Waals surface area contributed by atoms with Crippen molar-refractivity contribution in [1.29, 1.82) is 0 Å². The molecule has 0 bridgehead atoms. The minimum Gasteiger partial charge on any atom is -0.334 e. The fraction of sp³-hybridized carbons (Fsp3) is 0.667. The first-order valence-electron chi connectivity index (χ1n) is 6.96. The van der Waals surface area contributed by atoms with Gasteiger partial charge in [0.15, 0.2) is 0 Å². The van der Waals surface area contributed by atoms with E-state index < -0.39 is 0 Å². The summed E-state index contributed by atoms with van der Waals surface area (Å²) in [5.74, 6) is 0.190. The summed E-state index contributed by atoms with van der Waals surface area (Å²) in [5, 5.41) is 0. The molecular formula is C15H26N2O. The molecule has 1 heterocycles. The van der Waals surface area contributed by atoms with Gasteiger partial charge in [0.25, 0.3) is 0 Å². The zero-order valence-electron chi connectivity index (χ0n) is 11.6. The van der Waals surface area contributed by atoms with Crippen molar-refractivity contribution in [2.24, 2.45) is 0 Å². The summed E-state index contributed by atoms with van der Waals surface area (Å²) in [4.78, 5) is 16.4. The predicted molar refractivity (Wildman–Crippen MR) is 76.5 cm³/mol. The lowest BCUT2D eigenvalue weighted by Gasteiger charge is -2.35. The zero-order chi connectivity index (χ0) is 13.4. The van der Waals surface area contributed by atoms with Crippen LogP contribution in [-0.4, -0.2) is 47.9 Å². The minimum absolute atomic E-state index is 0.190. The number of hydrogen-bond donors (Lipinski definition) is 0. The summed E-state index contributed by atoms with van der Waals surface area (Å²) >= 11 is 0. The first-order chi connectivity index (χ1) is 8.72. The molecular weight excluding hydrogens is 224 g/mol. The first-order valence-corrected chi connectivity index (χ1v) is 6.96. The van der Waals surface area contributed by atoms with Crippen LogP contribution < -0.4 is 0 Å². The number of carbonyl (C=O) groups is 1. The third-order valence-electron chi connectivity index (χ3n) is 3.61. The van der Waals surface area contributed by atoms with Gasteiger partial charge in [0.1, 0.15) is 0 Å². The number of carbonyl (C=O) groups excluding carboxylic acids is 1. The van der Waals surface area contributed by atoms with Crippen molar-refractivity contribution < 1.29 is 4.79 Å². The molecule has 0 aromatic carbocycles. The van der Waals surface area contributed by atoms with E-state index in [4.69, 9.17) is 0 Å². The fourth-order valence-corrected chi connectivity index (χ4v) is 2.59.